The van der Waals surface area contributed by atoms with Gasteiger partial charge in [-0.15, -0.1) is 0 Å². The summed E-state index contributed by atoms with van der Waals surface area (Å²) in [4.78, 5) is 0. The molecule has 1 unspecified atom stereocenters. The highest BCUT2D eigenvalue weighted by atomic mass is 16.5. The van der Waals surface area contributed by atoms with Crippen LogP contribution in [-0.2, 0) is 4.74 Å². The molecular weight excluding hydrogens is 174 g/mol. The number of rotatable bonds is 2. The molecule has 2 heteroatoms. The summed E-state index contributed by atoms with van der Waals surface area (Å²) < 4.78 is 5.54. The van der Waals surface area contributed by atoms with Crippen molar-refractivity contribution in [3.8, 4) is 0 Å². The highest BCUT2D eigenvalue weighted by molar-refractivity contribution is 5.00. The van der Waals surface area contributed by atoms with Gasteiger partial charge in [-0.3, -0.25) is 0 Å². The molecule has 0 aromatic carbocycles. The monoisotopic (exact) mass is 195 g/mol. The van der Waals surface area contributed by atoms with Gasteiger partial charge >= 0.3 is 0 Å². The van der Waals surface area contributed by atoms with E-state index in [9.17, 15) is 0 Å². The lowest BCUT2D eigenvalue weighted by molar-refractivity contribution is -0.173. The van der Waals surface area contributed by atoms with Crippen LogP contribution in [0.2, 0.25) is 0 Å². The van der Waals surface area contributed by atoms with Crippen molar-refractivity contribution >= 4 is 0 Å². The second-order valence-electron chi connectivity index (χ2n) is 5.40. The lowest BCUT2D eigenvalue weighted by Gasteiger charge is -2.50. The van der Waals surface area contributed by atoms with E-state index >= 15 is 0 Å². The van der Waals surface area contributed by atoms with E-state index in [1.807, 2.05) is 0 Å². The van der Waals surface area contributed by atoms with Crippen LogP contribution in [0.25, 0.3) is 0 Å². The molecule has 0 spiro atoms. The van der Waals surface area contributed by atoms with Crippen LogP contribution in [0.4, 0.5) is 0 Å². The quantitative estimate of drug-likeness (QED) is 0.725. The first kappa shape index (κ1) is 9.17. The Morgan fingerprint density at radius 1 is 1.00 bits per heavy atom. The van der Waals surface area contributed by atoms with Crippen molar-refractivity contribution in [1.29, 1.82) is 0 Å². The van der Waals surface area contributed by atoms with Gasteiger partial charge in [-0.1, -0.05) is 12.8 Å². The van der Waals surface area contributed by atoms with Crippen molar-refractivity contribution in [3.63, 3.8) is 0 Å². The Kier molecular flexibility index (Phi) is 2.29. The van der Waals surface area contributed by atoms with Gasteiger partial charge in [0.05, 0.1) is 13.2 Å². The standard InChI is InChI=1S/C12H21NO/c1-2-4-10(3-1)12(8-14-9-12)11-5-6-13-7-11/h10-11,13H,1-9H2. The molecule has 0 aromatic rings. The summed E-state index contributed by atoms with van der Waals surface area (Å²) in [6.45, 7) is 4.60. The van der Waals surface area contributed by atoms with Crippen LogP contribution in [0.1, 0.15) is 32.1 Å². The molecule has 0 amide bonds. The SMILES string of the molecule is C1CCC(C2(C3CCNC3)COC2)C1. The molecule has 14 heavy (non-hydrogen) atoms. The predicted molar refractivity (Wildman–Crippen MR) is 56.2 cm³/mol. The Morgan fingerprint density at radius 3 is 2.29 bits per heavy atom. The van der Waals surface area contributed by atoms with Crippen molar-refractivity contribution in [1.82, 2.24) is 5.32 Å². The minimum Gasteiger partial charge on any atom is -0.380 e. The van der Waals surface area contributed by atoms with Crippen LogP contribution in [0.15, 0.2) is 0 Å². The molecule has 0 bridgehead atoms. The average molecular weight is 195 g/mol. The smallest absolute Gasteiger partial charge is 0.0550 e. The molecular formula is C12H21NO. The zero-order valence-corrected chi connectivity index (χ0v) is 8.93. The number of nitrogens with one attached hydrogen (secondary N) is 1. The van der Waals surface area contributed by atoms with E-state index in [0.717, 1.165) is 25.0 Å². The van der Waals surface area contributed by atoms with Crippen molar-refractivity contribution in [3.05, 3.63) is 0 Å². The molecule has 1 saturated carbocycles. The van der Waals surface area contributed by atoms with Gasteiger partial charge in [0, 0.05) is 5.41 Å². The molecule has 2 aliphatic heterocycles. The Hall–Kier alpha value is -0.0800. The maximum absolute atomic E-state index is 5.54. The van der Waals surface area contributed by atoms with E-state index in [4.69, 9.17) is 4.74 Å². The third-order valence-corrected chi connectivity index (χ3v) is 4.78. The average Bonchev–Trinajstić information content (AvgIpc) is 2.71. The fraction of sp³-hybridized carbons (Fsp3) is 1.00. The minimum atomic E-state index is 0.597. The van der Waals surface area contributed by atoms with Gasteiger partial charge < -0.3 is 10.1 Å². The molecule has 1 N–H and O–H groups in total. The molecule has 3 fully saturated rings. The summed E-state index contributed by atoms with van der Waals surface area (Å²) in [5.41, 5.74) is 0.597. The number of ether oxygens (including phenoxy) is 1. The van der Waals surface area contributed by atoms with Crippen LogP contribution in [0.3, 0.4) is 0 Å². The van der Waals surface area contributed by atoms with Gasteiger partial charge in [0.15, 0.2) is 0 Å². The third-order valence-electron chi connectivity index (χ3n) is 4.78. The lowest BCUT2D eigenvalue weighted by atomic mass is 9.64. The highest BCUT2D eigenvalue weighted by Gasteiger charge is 2.51. The van der Waals surface area contributed by atoms with Crippen molar-refractivity contribution in [2.75, 3.05) is 26.3 Å². The topological polar surface area (TPSA) is 21.3 Å². The van der Waals surface area contributed by atoms with Crippen LogP contribution in [0.5, 0.6) is 0 Å². The Bertz CT molecular complexity index is 182. The molecule has 80 valence electrons. The summed E-state index contributed by atoms with van der Waals surface area (Å²) in [7, 11) is 0. The molecule has 1 atom stereocenters. The Labute approximate surface area is 86.4 Å². The van der Waals surface area contributed by atoms with E-state index in [-0.39, 0.29) is 0 Å². The Morgan fingerprint density at radius 2 is 1.79 bits per heavy atom. The molecule has 3 aliphatic rings. The molecule has 0 radical (unpaired) electrons. The van der Waals surface area contributed by atoms with Gasteiger partial charge in [0.2, 0.25) is 0 Å². The van der Waals surface area contributed by atoms with Gasteiger partial charge in [0.1, 0.15) is 0 Å². The summed E-state index contributed by atoms with van der Waals surface area (Å²) >= 11 is 0. The van der Waals surface area contributed by atoms with Crippen LogP contribution < -0.4 is 5.32 Å². The first-order chi connectivity index (χ1) is 6.92. The summed E-state index contributed by atoms with van der Waals surface area (Å²) in [5, 5.41) is 3.51. The summed E-state index contributed by atoms with van der Waals surface area (Å²) in [6.07, 6.45) is 7.26. The summed E-state index contributed by atoms with van der Waals surface area (Å²) in [5.74, 6) is 1.90. The van der Waals surface area contributed by atoms with E-state index in [0.29, 0.717) is 5.41 Å². The summed E-state index contributed by atoms with van der Waals surface area (Å²) in [6, 6.07) is 0. The number of hydrogen-bond acceptors (Lipinski definition) is 2. The maximum atomic E-state index is 5.54. The second kappa shape index (κ2) is 3.49. The van der Waals surface area contributed by atoms with Gasteiger partial charge in [0.25, 0.3) is 0 Å². The van der Waals surface area contributed by atoms with Crippen LogP contribution in [0, 0.1) is 17.3 Å². The second-order valence-corrected chi connectivity index (χ2v) is 5.40. The van der Waals surface area contributed by atoms with Crippen LogP contribution >= 0.6 is 0 Å². The fourth-order valence-electron chi connectivity index (χ4n) is 3.79. The molecule has 3 rings (SSSR count). The zero-order chi connectivity index (χ0) is 9.43. The first-order valence-corrected chi connectivity index (χ1v) is 6.20. The minimum absolute atomic E-state index is 0.597. The molecule has 2 heterocycles. The lowest BCUT2D eigenvalue weighted by Crippen LogP contribution is -2.53. The van der Waals surface area contributed by atoms with Crippen LogP contribution in [-0.4, -0.2) is 26.3 Å². The predicted octanol–water partition coefficient (Wildman–Crippen LogP) is 1.80. The normalized spacial score (nSPS) is 37.3. The molecule has 0 aromatic heterocycles. The largest absolute Gasteiger partial charge is 0.380 e. The highest BCUT2D eigenvalue weighted by Crippen LogP contribution is 2.51. The maximum Gasteiger partial charge on any atom is 0.0550 e. The number of hydrogen-bond donors (Lipinski definition) is 1. The van der Waals surface area contributed by atoms with Crippen molar-refractivity contribution < 1.29 is 4.74 Å². The zero-order valence-electron chi connectivity index (χ0n) is 8.93. The van der Waals surface area contributed by atoms with Crippen molar-refractivity contribution in [2.45, 2.75) is 32.1 Å². The van der Waals surface area contributed by atoms with Gasteiger partial charge in [-0.05, 0) is 44.2 Å². The van der Waals surface area contributed by atoms with E-state index in [1.54, 1.807) is 0 Å². The van der Waals surface area contributed by atoms with Crippen molar-refractivity contribution in [2.24, 2.45) is 17.3 Å². The van der Waals surface area contributed by atoms with E-state index < -0.39 is 0 Å². The molecule has 1 aliphatic carbocycles. The third kappa shape index (κ3) is 1.24. The van der Waals surface area contributed by atoms with Gasteiger partial charge in [-0.25, -0.2) is 0 Å². The van der Waals surface area contributed by atoms with E-state index in [1.165, 1.54) is 45.2 Å². The molecule has 2 saturated heterocycles. The molecule has 2 nitrogen and oxygen atoms in total. The van der Waals surface area contributed by atoms with Gasteiger partial charge in [-0.2, -0.15) is 0 Å². The first-order valence-electron chi connectivity index (χ1n) is 6.20. The Balaban J connectivity index is 1.75. The fourth-order valence-corrected chi connectivity index (χ4v) is 3.79. The van der Waals surface area contributed by atoms with E-state index in [2.05, 4.69) is 5.32 Å².